The minimum absolute atomic E-state index is 0.0556. The Kier molecular flexibility index (Phi) is 5.96. The molecule has 1 aromatic rings. The molecule has 1 aromatic heterocycles. The molecule has 0 unspecified atom stereocenters. The highest BCUT2D eigenvalue weighted by atomic mass is 32.1. The van der Waals surface area contributed by atoms with Crippen LogP contribution in [0.25, 0.3) is 0 Å². The third-order valence-corrected chi connectivity index (χ3v) is 2.70. The lowest BCUT2D eigenvalue weighted by Crippen LogP contribution is -2.35. The zero-order valence-corrected chi connectivity index (χ0v) is 9.77. The summed E-state index contributed by atoms with van der Waals surface area (Å²) in [5.74, 6) is 0.0556. The predicted molar refractivity (Wildman–Crippen MR) is 62.0 cm³/mol. The van der Waals surface area contributed by atoms with E-state index in [4.69, 9.17) is 0 Å². The number of hydrogen-bond donors (Lipinski definition) is 2. The average molecular weight is 227 g/mol. The SMILES string of the molecule is CCCNCC(=O)NCCc1nccs1. The molecule has 1 amide bonds. The lowest BCUT2D eigenvalue weighted by atomic mass is 10.4. The van der Waals surface area contributed by atoms with Crippen LogP contribution < -0.4 is 10.6 Å². The smallest absolute Gasteiger partial charge is 0.233 e. The van der Waals surface area contributed by atoms with Crippen molar-refractivity contribution < 1.29 is 4.79 Å². The summed E-state index contributed by atoms with van der Waals surface area (Å²) in [5, 5.41) is 8.91. The van der Waals surface area contributed by atoms with E-state index in [0.29, 0.717) is 13.1 Å². The predicted octanol–water partition coefficient (Wildman–Crippen LogP) is 0.801. The Hall–Kier alpha value is -0.940. The molecule has 0 radical (unpaired) electrons. The number of nitrogens with zero attached hydrogens (tertiary/aromatic N) is 1. The zero-order valence-electron chi connectivity index (χ0n) is 8.95. The van der Waals surface area contributed by atoms with Gasteiger partial charge in [-0.15, -0.1) is 11.3 Å². The largest absolute Gasteiger partial charge is 0.355 e. The molecule has 2 N–H and O–H groups in total. The number of carbonyl (C=O) groups is 1. The van der Waals surface area contributed by atoms with Crippen molar-refractivity contribution in [2.24, 2.45) is 0 Å². The van der Waals surface area contributed by atoms with Gasteiger partial charge in [-0.1, -0.05) is 6.92 Å². The number of thiazole rings is 1. The van der Waals surface area contributed by atoms with Crippen molar-refractivity contribution in [3.63, 3.8) is 0 Å². The molecule has 84 valence electrons. The van der Waals surface area contributed by atoms with Crippen LogP contribution >= 0.6 is 11.3 Å². The number of carbonyl (C=O) groups excluding carboxylic acids is 1. The van der Waals surface area contributed by atoms with E-state index in [1.54, 1.807) is 17.5 Å². The van der Waals surface area contributed by atoms with Gasteiger partial charge >= 0.3 is 0 Å². The molecule has 0 spiro atoms. The van der Waals surface area contributed by atoms with Crippen LogP contribution in [0, 0.1) is 0 Å². The van der Waals surface area contributed by atoms with Gasteiger partial charge in [0.15, 0.2) is 0 Å². The number of amides is 1. The first-order valence-corrected chi connectivity index (χ1v) is 6.06. The first-order chi connectivity index (χ1) is 7.33. The molecule has 15 heavy (non-hydrogen) atoms. The van der Waals surface area contributed by atoms with Crippen LogP contribution in [-0.2, 0) is 11.2 Å². The van der Waals surface area contributed by atoms with Gasteiger partial charge in [-0.3, -0.25) is 4.79 Å². The van der Waals surface area contributed by atoms with E-state index in [9.17, 15) is 4.79 Å². The van der Waals surface area contributed by atoms with Crippen LogP contribution in [0.15, 0.2) is 11.6 Å². The van der Waals surface area contributed by atoms with E-state index in [1.165, 1.54) is 0 Å². The van der Waals surface area contributed by atoms with E-state index in [0.717, 1.165) is 24.4 Å². The number of rotatable bonds is 7. The highest BCUT2D eigenvalue weighted by Gasteiger charge is 2.00. The Morgan fingerprint density at radius 1 is 1.53 bits per heavy atom. The molecule has 0 saturated heterocycles. The number of aromatic nitrogens is 1. The molecule has 0 aliphatic rings. The lowest BCUT2D eigenvalue weighted by molar-refractivity contribution is -0.120. The Morgan fingerprint density at radius 2 is 2.40 bits per heavy atom. The Bertz CT molecular complexity index is 274. The third kappa shape index (κ3) is 5.49. The Labute approximate surface area is 94.1 Å². The summed E-state index contributed by atoms with van der Waals surface area (Å²) < 4.78 is 0. The number of hydrogen-bond acceptors (Lipinski definition) is 4. The van der Waals surface area contributed by atoms with E-state index < -0.39 is 0 Å². The van der Waals surface area contributed by atoms with Crippen LogP contribution in [0.1, 0.15) is 18.4 Å². The van der Waals surface area contributed by atoms with Crippen molar-refractivity contribution in [2.75, 3.05) is 19.6 Å². The molecule has 0 aromatic carbocycles. The molecule has 1 rings (SSSR count). The van der Waals surface area contributed by atoms with Crippen molar-refractivity contribution in [2.45, 2.75) is 19.8 Å². The summed E-state index contributed by atoms with van der Waals surface area (Å²) in [7, 11) is 0. The molecule has 1 heterocycles. The minimum Gasteiger partial charge on any atom is -0.355 e. The summed E-state index contributed by atoms with van der Waals surface area (Å²) in [6.07, 6.45) is 3.65. The molecule has 0 aliphatic heterocycles. The molecular weight excluding hydrogens is 210 g/mol. The molecular formula is C10H17N3OS. The van der Waals surface area contributed by atoms with Crippen molar-refractivity contribution >= 4 is 17.2 Å². The van der Waals surface area contributed by atoms with Gasteiger partial charge in [-0.25, -0.2) is 4.98 Å². The fraction of sp³-hybridized carbons (Fsp3) is 0.600. The van der Waals surface area contributed by atoms with Crippen LogP contribution in [0.2, 0.25) is 0 Å². The summed E-state index contributed by atoms with van der Waals surface area (Å²) >= 11 is 1.62. The summed E-state index contributed by atoms with van der Waals surface area (Å²) in [6, 6.07) is 0. The summed E-state index contributed by atoms with van der Waals surface area (Å²) in [6.45, 7) is 4.04. The maximum atomic E-state index is 11.3. The van der Waals surface area contributed by atoms with Gasteiger partial charge in [0.1, 0.15) is 0 Å². The van der Waals surface area contributed by atoms with Gasteiger partial charge in [0.2, 0.25) is 5.91 Å². The van der Waals surface area contributed by atoms with Gasteiger partial charge in [0.05, 0.1) is 11.6 Å². The van der Waals surface area contributed by atoms with E-state index in [2.05, 4.69) is 22.5 Å². The maximum Gasteiger partial charge on any atom is 0.233 e. The standard InChI is InChI=1S/C10H17N3OS/c1-2-4-11-8-9(14)12-5-3-10-13-6-7-15-10/h6-7,11H,2-5,8H2,1H3,(H,12,14). The molecule has 0 atom stereocenters. The summed E-state index contributed by atoms with van der Waals surface area (Å²) in [4.78, 5) is 15.4. The molecule has 5 heteroatoms. The van der Waals surface area contributed by atoms with Crippen LogP contribution in [0.3, 0.4) is 0 Å². The Morgan fingerprint density at radius 3 is 3.07 bits per heavy atom. The van der Waals surface area contributed by atoms with E-state index in [1.807, 2.05) is 5.38 Å². The van der Waals surface area contributed by atoms with Gasteiger partial charge < -0.3 is 10.6 Å². The quantitative estimate of drug-likeness (QED) is 0.678. The number of nitrogens with one attached hydrogen (secondary N) is 2. The van der Waals surface area contributed by atoms with Gasteiger partial charge in [-0.2, -0.15) is 0 Å². The normalized spacial score (nSPS) is 10.2. The van der Waals surface area contributed by atoms with Crippen molar-refractivity contribution in [1.82, 2.24) is 15.6 Å². The molecule has 0 bridgehead atoms. The van der Waals surface area contributed by atoms with Crippen molar-refractivity contribution in [1.29, 1.82) is 0 Å². The fourth-order valence-corrected chi connectivity index (χ4v) is 1.75. The highest BCUT2D eigenvalue weighted by Crippen LogP contribution is 2.03. The summed E-state index contributed by atoms with van der Waals surface area (Å²) in [5.41, 5.74) is 0. The van der Waals surface area contributed by atoms with E-state index >= 15 is 0 Å². The van der Waals surface area contributed by atoms with E-state index in [-0.39, 0.29) is 5.91 Å². The van der Waals surface area contributed by atoms with Crippen LogP contribution in [0.4, 0.5) is 0 Å². The van der Waals surface area contributed by atoms with Gasteiger partial charge in [0.25, 0.3) is 0 Å². The van der Waals surface area contributed by atoms with Gasteiger partial charge in [-0.05, 0) is 13.0 Å². The minimum atomic E-state index is 0.0556. The topological polar surface area (TPSA) is 54.0 Å². The monoisotopic (exact) mass is 227 g/mol. The van der Waals surface area contributed by atoms with Crippen LogP contribution in [-0.4, -0.2) is 30.5 Å². The van der Waals surface area contributed by atoms with Gasteiger partial charge in [0, 0.05) is 24.5 Å². The zero-order chi connectivity index (χ0) is 10.9. The lowest BCUT2D eigenvalue weighted by Gasteiger charge is -2.04. The molecule has 0 aliphatic carbocycles. The first-order valence-electron chi connectivity index (χ1n) is 5.18. The third-order valence-electron chi connectivity index (χ3n) is 1.86. The van der Waals surface area contributed by atoms with Crippen molar-refractivity contribution in [3.05, 3.63) is 16.6 Å². The second kappa shape index (κ2) is 7.36. The van der Waals surface area contributed by atoms with Crippen molar-refractivity contribution in [3.8, 4) is 0 Å². The first kappa shape index (κ1) is 12.1. The molecule has 4 nitrogen and oxygen atoms in total. The second-order valence-electron chi connectivity index (χ2n) is 3.20. The fourth-order valence-electron chi connectivity index (χ4n) is 1.13. The Balaban J connectivity index is 2.02. The second-order valence-corrected chi connectivity index (χ2v) is 4.18. The molecule has 0 fully saturated rings. The van der Waals surface area contributed by atoms with Crippen LogP contribution in [0.5, 0.6) is 0 Å². The maximum absolute atomic E-state index is 11.3. The highest BCUT2D eigenvalue weighted by molar-refractivity contribution is 7.09. The average Bonchev–Trinajstić information content (AvgIpc) is 2.71. The molecule has 0 saturated carbocycles.